The molecule has 0 bridgehead atoms. The highest BCUT2D eigenvalue weighted by Gasteiger charge is 2.28. The summed E-state index contributed by atoms with van der Waals surface area (Å²) in [5, 5.41) is 9.31. The van der Waals surface area contributed by atoms with Crippen molar-refractivity contribution in [3.8, 4) is 11.4 Å². The van der Waals surface area contributed by atoms with Crippen LogP contribution >= 0.6 is 0 Å². The number of fused-ring (bicyclic) bond motifs is 2. The molecule has 1 N–H and O–H groups in total. The lowest BCUT2D eigenvalue weighted by Crippen LogP contribution is -2.41. The lowest BCUT2D eigenvalue weighted by molar-refractivity contribution is 0.0376. The van der Waals surface area contributed by atoms with Gasteiger partial charge >= 0.3 is 5.97 Å². The van der Waals surface area contributed by atoms with Crippen LogP contribution in [0.1, 0.15) is 51.8 Å². The number of anilines is 1. The molecular formula is C27H28N6O4. The number of benzene rings is 1. The van der Waals surface area contributed by atoms with Crippen molar-refractivity contribution in [2.45, 2.75) is 40.2 Å². The summed E-state index contributed by atoms with van der Waals surface area (Å²) in [5.74, 6) is 1.12. The van der Waals surface area contributed by atoms with Gasteiger partial charge in [-0.05, 0) is 44.4 Å². The van der Waals surface area contributed by atoms with Crippen LogP contribution in [0.3, 0.4) is 0 Å². The van der Waals surface area contributed by atoms with Gasteiger partial charge in [0.15, 0.2) is 0 Å². The molecule has 190 valence electrons. The number of pyridine rings is 2. The van der Waals surface area contributed by atoms with E-state index in [9.17, 15) is 9.59 Å². The zero-order valence-electron chi connectivity index (χ0n) is 21.2. The Morgan fingerprint density at radius 2 is 2.03 bits per heavy atom. The SMILES string of the molecule is Cc1nc(-c2ccc3ccnc(NCCN4CCc5nc(C)c(C(=O)OC(C)C)cc5C4=O)c3c2)no1. The summed E-state index contributed by atoms with van der Waals surface area (Å²) in [4.78, 5) is 40.9. The van der Waals surface area contributed by atoms with E-state index in [1.807, 2.05) is 24.3 Å². The van der Waals surface area contributed by atoms with Gasteiger partial charge in [-0.2, -0.15) is 4.98 Å². The molecule has 1 aromatic carbocycles. The van der Waals surface area contributed by atoms with Crippen molar-refractivity contribution in [1.82, 2.24) is 25.0 Å². The molecule has 0 atom stereocenters. The number of aryl methyl sites for hydroxylation is 2. The van der Waals surface area contributed by atoms with Gasteiger partial charge in [-0.15, -0.1) is 0 Å². The molecule has 37 heavy (non-hydrogen) atoms. The Morgan fingerprint density at radius 1 is 1.19 bits per heavy atom. The summed E-state index contributed by atoms with van der Waals surface area (Å²) < 4.78 is 10.4. The van der Waals surface area contributed by atoms with Crippen LogP contribution in [0.25, 0.3) is 22.2 Å². The first-order valence-corrected chi connectivity index (χ1v) is 12.2. The molecule has 0 saturated carbocycles. The lowest BCUT2D eigenvalue weighted by atomic mass is 10.0. The van der Waals surface area contributed by atoms with Gasteiger partial charge in [-0.1, -0.05) is 17.3 Å². The fourth-order valence-corrected chi connectivity index (χ4v) is 4.42. The third kappa shape index (κ3) is 5.00. The number of aromatic nitrogens is 4. The zero-order valence-corrected chi connectivity index (χ0v) is 21.2. The number of carbonyl (C=O) groups is 2. The van der Waals surface area contributed by atoms with Crippen molar-refractivity contribution in [2.24, 2.45) is 0 Å². The van der Waals surface area contributed by atoms with Crippen LogP contribution in [0.15, 0.2) is 41.1 Å². The van der Waals surface area contributed by atoms with E-state index >= 15 is 0 Å². The highest BCUT2D eigenvalue weighted by atomic mass is 16.5. The molecule has 4 aromatic rings. The molecular weight excluding hydrogens is 472 g/mol. The fourth-order valence-electron chi connectivity index (χ4n) is 4.42. The molecule has 5 rings (SSSR count). The van der Waals surface area contributed by atoms with Crippen LogP contribution in [0, 0.1) is 13.8 Å². The van der Waals surface area contributed by atoms with Crippen molar-refractivity contribution in [1.29, 1.82) is 0 Å². The maximum atomic E-state index is 13.3. The van der Waals surface area contributed by atoms with E-state index in [0.29, 0.717) is 66.1 Å². The highest BCUT2D eigenvalue weighted by molar-refractivity contribution is 6.00. The minimum atomic E-state index is -0.466. The van der Waals surface area contributed by atoms with Gasteiger partial charge in [0.05, 0.1) is 28.6 Å². The van der Waals surface area contributed by atoms with E-state index in [1.54, 1.807) is 44.9 Å². The number of ether oxygens (including phenoxy) is 1. The maximum Gasteiger partial charge on any atom is 0.340 e. The minimum absolute atomic E-state index is 0.144. The summed E-state index contributed by atoms with van der Waals surface area (Å²) in [5.41, 5.74) is 2.90. The lowest BCUT2D eigenvalue weighted by Gasteiger charge is -2.29. The average Bonchev–Trinajstić information content (AvgIpc) is 3.31. The van der Waals surface area contributed by atoms with Crippen molar-refractivity contribution in [2.75, 3.05) is 25.0 Å². The summed E-state index contributed by atoms with van der Waals surface area (Å²) in [7, 11) is 0. The summed E-state index contributed by atoms with van der Waals surface area (Å²) in [6.07, 6.45) is 2.12. The van der Waals surface area contributed by atoms with Crippen LogP contribution in [0.5, 0.6) is 0 Å². The summed E-state index contributed by atoms with van der Waals surface area (Å²) in [6.45, 7) is 8.62. The Morgan fingerprint density at radius 3 is 2.78 bits per heavy atom. The molecule has 0 radical (unpaired) electrons. The number of hydrogen-bond acceptors (Lipinski definition) is 9. The third-order valence-electron chi connectivity index (χ3n) is 6.22. The Hall–Kier alpha value is -4.34. The second-order valence-corrected chi connectivity index (χ2v) is 9.27. The number of esters is 1. The quantitative estimate of drug-likeness (QED) is 0.375. The fraction of sp³-hybridized carbons (Fsp3) is 0.333. The van der Waals surface area contributed by atoms with Crippen LogP contribution in [-0.4, -0.2) is 62.6 Å². The molecule has 0 unspecified atom stereocenters. The molecule has 1 aliphatic heterocycles. The normalized spacial score (nSPS) is 13.2. The highest BCUT2D eigenvalue weighted by Crippen LogP contribution is 2.27. The third-order valence-corrected chi connectivity index (χ3v) is 6.22. The molecule has 1 aliphatic rings. The van der Waals surface area contributed by atoms with Gasteiger partial charge in [-0.25, -0.2) is 9.78 Å². The molecule has 3 aromatic heterocycles. The zero-order chi connectivity index (χ0) is 26.1. The van der Waals surface area contributed by atoms with E-state index in [2.05, 4.69) is 25.4 Å². The Balaban J connectivity index is 1.30. The largest absolute Gasteiger partial charge is 0.459 e. The summed E-state index contributed by atoms with van der Waals surface area (Å²) >= 11 is 0. The van der Waals surface area contributed by atoms with Crippen LogP contribution in [0.2, 0.25) is 0 Å². The second-order valence-electron chi connectivity index (χ2n) is 9.27. The number of hydrogen-bond donors (Lipinski definition) is 1. The van der Waals surface area contributed by atoms with Crippen molar-refractivity contribution in [3.05, 3.63) is 64.9 Å². The van der Waals surface area contributed by atoms with E-state index in [1.165, 1.54) is 0 Å². The number of nitrogens with zero attached hydrogens (tertiary/aromatic N) is 5. The summed E-state index contributed by atoms with van der Waals surface area (Å²) in [6, 6.07) is 9.47. The van der Waals surface area contributed by atoms with Gasteiger partial charge in [0.2, 0.25) is 11.7 Å². The average molecular weight is 501 g/mol. The molecule has 0 saturated heterocycles. The van der Waals surface area contributed by atoms with Crippen molar-refractivity contribution in [3.63, 3.8) is 0 Å². The maximum absolute atomic E-state index is 13.3. The predicted molar refractivity (Wildman–Crippen MR) is 137 cm³/mol. The van der Waals surface area contributed by atoms with Gasteiger partial charge in [0, 0.05) is 50.1 Å². The number of carbonyl (C=O) groups excluding carboxylic acids is 2. The van der Waals surface area contributed by atoms with Crippen molar-refractivity contribution < 1.29 is 18.8 Å². The number of amides is 1. The smallest absolute Gasteiger partial charge is 0.340 e. The molecule has 1 amide bonds. The van der Waals surface area contributed by atoms with Gasteiger partial charge in [0.1, 0.15) is 5.82 Å². The number of rotatable bonds is 7. The monoisotopic (exact) mass is 500 g/mol. The van der Waals surface area contributed by atoms with Gasteiger partial charge in [-0.3, -0.25) is 9.78 Å². The Labute approximate surface area is 214 Å². The predicted octanol–water partition coefficient (Wildman–Crippen LogP) is 3.97. The Bertz CT molecular complexity index is 1500. The molecule has 0 fully saturated rings. The van der Waals surface area contributed by atoms with Crippen LogP contribution in [0.4, 0.5) is 5.82 Å². The van der Waals surface area contributed by atoms with Crippen molar-refractivity contribution >= 4 is 28.5 Å². The second kappa shape index (κ2) is 9.96. The van der Waals surface area contributed by atoms with E-state index in [-0.39, 0.29) is 12.0 Å². The Kier molecular flexibility index (Phi) is 6.56. The molecule has 10 heteroatoms. The van der Waals surface area contributed by atoms with Gasteiger partial charge < -0.3 is 19.5 Å². The van der Waals surface area contributed by atoms with E-state index in [4.69, 9.17) is 9.26 Å². The first-order valence-electron chi connectivity index (χ1n) is 12.2. The number of nitrogens with one attached hydrogen (secondary N) is 1. The topological polar surface area (TPSA) is 123 Å². The van der Waals surface area contributed by atoms with E-state index < -0.39 is 5.97 Å². The molecule has 0 aliphatic carbocycles. The first-order chi connectivity index (χ1) is 17.8. The molecule has 0 spiro atoms. The standard InChI is InChI=1S/C27H28N6O4/c1-15(2)36-27(35)20-14-22-23(30-16(20)3)8-11-33(26(22)34)12-10-29-25-21-13-19(24-31-17(4)37-32-24)6-5-18(21)7-9-28-25/h5-7,9,13-15H,8,10-12H2,1-4H3,(H,28,29). The van der Waals surface area contributed by atoms with Crippen LogP contribution < -0.4 is 5.32 Å². The first kappa shape index (κ1) is 24.4. The van der Waals surface area contributed by atoms with Gasteiger partial charge in [0.25, 0.3) is 5.91 Å². The van der Waals surface area contributed by atoms with E-state index in [0.717, 1.165) is 16.3 Å². The molecule has 10 nitrogen and oxygen atoms in total. The molecule has 4 heterocycles. The minimum Gasteiger partial charge on any atom is -0.459 e. The van der Waals surface area contributed by atoms with Crippen LogP contribution in [-0.2, 0) is 11.2 Å².